The molecule has 0 heterocycles. The third-order valence-electron chi connectivity index (χ3n) is 2.01. The van der Waals surface area contributed by atoms with E-state index in [0.29, 0.717) is 25.3 Å². The zero-order valence-corrected chi connectivity index (χ0v) is 9.23. The molecule has 0 aliphatic rings. The Bertz CT molecular complexity index is 325. The molecule has 0 aliphatic carbocycles. The molecule has 5 heteroatoms. The summed E-state index contributed by atoms with van der Waals surface area (Å²) >= 11 is 0. The van der Waals surface area contributed by atoms with Crippen molar-refractivity contribution in [3.05, 3.63) is 35.4 Å². The highest BCUT2D eigenvalue weighted by Crippen LogP contribution is 2.03. The fourth-order valence-corrected chi connectivity index (χ4v) is 1.09. The number of carbonyl (C=O) groups excluding carboxylic acids is 1. The molecule has 0 aromatic heterocycles. The number of rotatable bonds is 6. The van der Waals surface area contributed by atoms with E-state index in [4.69, 9.17) is 15.3 Å². The normalized spacial score (nSPS) is 10.1. The van der Waals surface area contributed by atoms with Crippen LogP contribution in [0, 0.1) is 0 Å². The van der Waals surface area contributed by atoms with E-state index in [0.717, 1.165) is 5.56 Å². The summed E-state index contributed by atoms with van der Waals surface area (Å²) in [6.07, 6.45) is 0. The first kappa shape index (κ1) is 12.6. The van der Waals surface area contributed by atoms with Gasteiger partial charge in [-0.1, -0.05) is 12.1 Å². The van der Waals surface area contributed by atoms with Crippen molar-refractivity contribution in [2.24, 2.45) is 5.73 Å². The molecule has 1 amide bonds. The van der Waals surface area contributed by atoms with Gasteiger partial charge < -0.3 is 10.5 Å². The first-order valence-electron chi connectivity index (χ1n) is 4.98. The first-order chi connectivity index (χ1) is 7.77. The van der Waals surface area contributed by atoms with Gasteiger partial charge in [-0.2, -0.15) is 0 Å². The maximum Gasteiger partial charge on any atom is 0.274 e. The van der Waals surface area contributed by atoms with E-state index in [1.807, 2.05) is 12.1 Å². The van der Waals surface area contributed by atoms with Crippen LogP contribution in [0.25, 0.3) is 0 Å². The number of benzene rings is 1. The number of nitrogens with two attached hydrogens (primary N) is 1. The van der Waals surface area contributed by atoms with E-state index in [-0.39, 0.29) is 5.91 Å². The largest absolute Gasteiger partial charge is 0.382 e. The second-order valence-electron chi connectivity index (χ2n) is 3.17. The number of ether oxygens (including phenoxy) is 1. The van der Waals surface area contributed by atoms with Crippen molar-refractivity contribution in [1.82, 2.24) is 5.48 Å². The minimum Gasteiger partial charge on any atom is -0.382 e. The van der Waals surface area contributed by atoms with Gasteiger partial charge >= 0.3 is 0 Å². The number of methoxy groups -OCH3 is 1. The molecule has 3 N–H and O–H groups in total. The summed E-state index contributed by atoms with van der Waals surface area (Å²) in [5.74, 6) is -0.278. The van der Waals surface area contributed by atoms with E-state index >= 15 is 0 Å². The minimum absolute atomic E-state index is 0.278. The van der Waals surface area contributed by atoms with Gasteiger partial charge in [0.25, 0.3) is 5.91 Å². The van der Waals surface area contributed by atoms with Crippen molar-refractivity contribution in [2.75, 3.05) is 20.3 Å². The van der Waals surface area contributed by atoms with Crippen molar-refractivity contribution in [3.8, 4) is 0 Å². The van der Waals surface area contributed by atoms with Crippen LogP contribution in [0.15, 0.2) is 24.3 Å². The van der Waals surface area contributed by atoms with Gasteiger partial charge in [-0.3, -0.25) is 9.63 Å². The fourth-order valence-electron chi connectivity index (χ4n) is 1.09. The molecule has 0 unspecified atom stereocenters. The minimum atomic E-state index is -0.278. The molecule has 0 saturated carbocycles. The quantitative estimate of drug-likeness (QED) is 0.543. The van der Waals surface area contributed by atoms with Gasteiger partial charge in [0, 0.05) is 19.2 Å². The zero-order chi connectivity index (χ0) is 11.8. The van der Waals surface area contributed by atoms with Crippen molar-refractivity contribution in [2.45, 2.75) is 6.54 Å². The molecule has 0 fully saturated rings. The summed E-state index contributed by atoms with van der Waals surface area (Å²) in [6, 6.07) is 7.03. The van der Waals surface area contributed by atoms with Gasteiger partial charge in [-0.05, 0) is 17.7 Å². The predicted octanol–water partition coefficient (Wildman–Crippen LogP) is 0.453. The lowest BCUT2D eigenvalue weighted by molar-refractivity contribution is 0.00889. The lowest BCUT2D eigenvalue weighted by Crippen LogP contribution is -2.25. The van der Waals surface area contributed by atoms with Crippen LogP contribution in [-0.2, 0) is 16.1 Å². The van der Waals surface area contributed by atoms with Crippen LogP contribution in [0.3, 0.4) is 0 Å². The zero-order valence-electron chi connectivity index (χ0n) is 9.23. The molecule has 16 heavy (non-hydrogen) atoms. The molecule has 1 aromatic rings. The summed E-state index contributed by atoms with van der Waals surface area (Å²) < 4.78 is 4.77. The molecule has 0 saturated heterocycles. The Morgan fingerprint density at radius 2 is 2.00 bits per heavy atom. The molecular formula is C11H16N2O3. The van der Waals surface area contributed by atoms with Gasteiger partial charge in [0.15, 0.2) is 0 Å². The number of carbonyl (C=O) groups is 1. The lowest BCUT2D eigenvalue weighted by Gasteiger charge is -2.05. The Kier molecular flexibility index (Phi) is 5.49. The Morgan fingerprint density at radius 1 is 1.31 bits per heavy atom. The average Bonchev–Trinajstić information content (AvgIpc) is 2.34. The molecule has 88 valence electrons. The highest BCUT2D eigenvalue weighted by atomic mass is 16.7. The number of nitrogens with one attached hydrogen (secondary N) is 1. The second kappa shape index (κ2) is 6.95. The van der Waals surface area contributed by atoms with Gasteiger partial charge in [-0.25, -0.2) is 5.48 Å². The van der Waals surface area contributed by atoms with E-state index in [2.05, 4.69) is 5.48 Å². The summed E-state index contributed by atoms with van der Waals surface area (Å²) in [4.78, 5) is 16.4. The van der Waals surface area contributed by atoms with Gasteiger partial charge in [0.1, 0.15) is 0 Å². The smallest absolute Gasteiger partial charge is 0.274 e. The molecule has 0 spiro atoms. The molecule has 1 aromatic carbocycles. The number of hydrogen-bond donors (Lipinski definition) is 2. The summed E-state index contributed by atoms with van der Waals surface area (Å²) in [5, 5.41) is 0. The Balaban J connectivity index is 2.40. The molecular weight excluding hydrogens is 208 g/mol. The van der Waals surface area contributed by atoms with Crippen LogP contribution in [0.4, 0.5) is 0 Å². The van der Waals surface area contributed by atoms with Crippen LogP contribution in [0.1, 0.15) is 15.9 Å². The van der Waals surface area contributed by atoms with Gasteiger partial charge in [-0.15, -0.1) is 0 Å². The molecule has 1 rings (SSSR count). The van der Waals surface area contributed by atoms with E-state index < -0.39 is 0 Å². The SMILES string of the molecule is COCCONC(=O)c1ccc(CN)cc1. The highest BCUT2D eigenvalue weighted by molar-refractivity contribution is 5.93. The Labute approximate surface area is 94.5 Å². The van der Waals surface area contributed by atoms with Crippen molar-refractivity contribution < 1.29 is 14.4 Å². The Hall–Kier alpha value is -1.43. The third-order valence-corrected chi connectivity index (χ3v) is 2.01. The van der Waals surface area contributed by atoms with Crippen LogP contribution >= 0.6 is 0 Å². The van der Waals surface area contributed by atoms with Crippen molar-refractivity contribution >= 4 is 5.91 Å². The van der Waals surface area contributed by atoms with Gasteiger partial charge in [0.2, 0.25) is 0 Å². The van der Waals surface area contributed by atoms with Crippen molar-refractivity contribution in [1.29, 1.82) is 0 Å². The molecule has 0 bridgehead atoms. The maximum atomic E-state index is 11.5. The average molecular weight is 224 g/mol. The summed E-state index contributed by atoms with van der Waals surface area (Å²) in [7, 11) is 1.57. The standard InChI is InChI=1S/C11H16N2O3/c1-15-6-7-16-13-11(14)10-4-2-9(8-12)3-5-10/h2-5H,6-8,12H2,1H3,(H,13,14). The van der Waals surface area contributed by atoms with Crippen LogP contribution in [0.2, 0.25) is 0 Å². The topological polar surface area (TPSA) is 73.6 Å². The fraction of sp³-hybridized carbons (Fsp3) is 0.364. The molecule has 0 atom stereocenters. The van der Waals surface area contributed by atoms with E-state index in [1.54, 1.807) is 19.2 Å². The summed E-state index contributed by atoms with van der Waals surface area (Å²) in [6.45, 7) is 1.22. The number of amides is 1. The molecule has 0 radical (unpaired) electrons. The van der Waals surface area contributed by atoms with Crippen LogP contribution in [0.5, 0.6) is 0 Å². The predicted molar refractivity (Wildman–Crippen MR) is 59.6 cm³/mol. The van der Waals surface area contributed by atoms with Crippen LogP contribution in [-0.4, -0.2) is 26.2 Å². The van der Waals surface area contributed by atoms with E-state index in [1.165, 1.54) is 0 Å². The van der Waals surface area contributed by atoms with E-state index in [9.17, 15) is 4.79 Å². The first-order valence-corrected chi connectivity index (χ1v) is 4.98. The Morgan fingerprint density at radius 3 is 2.56 bits per heavy atom. The van der Waals surface area contributed by atoms with Gasteiger partial charge in [0.05, 0.1) is 13.2 Å². The maximum absolute atomic E-state index is 11.5. The molecule has 5 nitrogen and oxygen atoms in total. The lowest BCUT2D eigenvalue weighted by atomic mass is 10.1. The highest BCUT2D eigenvalue weighted by Gasteiger charge is 2.04. The second-order valence-corrected chi connectivity index (χ2v) is 3.17. The number of hydroxylamine groups is 1. The van der Waals surface area contributed by atoms with Crippen LogP contribution < -0.4 is 11.2 Å². The molecule has 0 aliphatic heterocycles. The summed E-state index contributed by atoms with van der Waals surface area (Å²) in [5.41, 5.74) is 9.29. The van der Waals surface area contributed by atoms with Crippen molar-refractivity contribution in [3.63, 3.8) is 0 Å². The monoisotopic (exact) mass is 224 g/mol. The number of hydrogen-bond acceptors (Lipinski definition) is 4. The third kappa shape index (κ3) is 3.98.